The van der Waals surface area contributed by atoms with Gasteiger partial charge in [0.15, 0.2) is 0 Å². The van der Waals surface area contributed by atoms with Crippen LogP contribution >= 0.6 is 0 Å². The second kappa shape index (κ2) is 5.83. The summed E-state index contributed by atoms with van der Waals surface area (Å²) in [6.07, 6.45) is 4.58. The number of pyridine rings is 2. The number of anilines is 2. The van der Waals surface area contributed by atoms with Crippen LogP contribution in [-0.2, 0) is 0 Å². The number of urea groups is 1. The first-order valence-electron chi connectivity index (χ1n) is 7.63. The third-order valence-electron chi connectivity index (χ3n) is 4.18. The van der Waals surface area contributed by atoms with Gasteiger partial charge in [-0.3, -0.25) is 14.8 Å². The number of benzene rings is 1. The average molecular weight is 333 g/mol. The number of hydrogen-bond acceptors (Lipinski definition) is 4. The van der Waals surface area contributed by atoms with Crippen molar-refractivity contribution in [3.63, 3.8) is 0 Å². The van der Waals surface area contributed by atoms with E-state index in [0.29, 0.717) is 11.4 Å². The van der Waals surface area contributed by atoms with Gasteiger partial charge in [-0.25, -0.2) is 9.78 Å². The lowest BCUT2D eigenvalue weighted by molar-refractivity contribution is 0.255. The largest absolute Gasteiger partial charge is 0.330 e. The van der Waals surface area contributed by atoms with Crippen molar-refractivity contribution >= 4 is 28.2 Å². The van der Waals surface area contributed by atoms with E-state index in [4.69, 9.17) is 0 Å². The van der Waals surface area contributed by atoms with Gasteiger partial charge >= 0.3 is 6.03 Å². The summed E-state index contributed by atoms with van der Waals surface area (Å²) < 4.78 is 13.0. The van der Waals surface area contributed by atoms with E-state index < -0.39 is 12.0 Å². The van der Waals surface area contributed by atoms with E-state index in [2.05, 4.69) is 16.0 Å². The van der Waals surface area contributed by atoms with Crippen LogP contribution in [0.3, 0.4) is 0 Å². The Balaban J connectivity index is 1.80. The van der Waals surface area contributed by atoms with Gasteiger partial charge in [-0.05, 0) is 12.1 Å². The first-order valence-corrected chi connectivity index (χ1v) is 7.63. The van der Waals surface area contributed by atoms with Crippen LogP contribution in [0.4, 0.5) is 20.6 Å². The van der Waals surface area contributed by atoms with Gasteiger partial charge in [0.2, 0.25) is 5.95 Å². The molecule has 1 atom stereocenters. The average Bonchev–Trinajstić information content (AvgIpc) is 2.98. The smallest absolute Gasteiger partial charge is 0.289 e. The Hall–Kier alpha value is -3.53. The molecule has 6 nitrogen and oxygen atoms in total. The summed E-state index contributed by atoms with van der Waals surface area (Å²) in [4.78, 5) is 23.6. The Morgan fingerprint density at radius 1 is 1.16 bits per heavy atom. The van der Waals surface area contributed by atoms with Crippen molar-refractivity contribution in [2.75, 3.05) is 16.3 Å². The predicted octanol–water partition coefficient (Wildman–Crippen LogP) is 3.11. The van der Waals surface area contributed by atoms with Gasteiger partial charge in [-0.1, -0.05) is 24.3 Å². The minimum absolute atomic E-state index is 0.172. The molecule has 2 amide bonds. The maximum atomic E-state index is 13.0. The van der Waals surface area contributed by atoms with E-state index in [1.54, 1.807) is 12.4 Å². The standard InChI is InChI=1S/C18H12FN5O/c19-17-6-5-13(9-22-17)23-11-14(7-20)24(18(23)25)16-10-21-8-12-3-1-2-4-15(12)16/h1-6,8-10,14H,11H2/t14-/m0/s1. The zero-order valence-corrected chi connectivity index (χ0v) is 13.0. The molecule has 3 heterocycles. The minimum atomic E-state index is -0.676. The fourth-order valence-corrected chi connectivity index (χ4v) is 3.00. The van der Waals surface area contributed by atoms with Crippen LogP contribution in [0, 0.1) is 17.3 Å². The first kappa shape index (κ1) is 15.0. The van der Waals surface area contributed by atoms with Crippen molar-refractivity contribution in [3.05, 3.63) is 60.9 Å². The van der Waals surface area contributed by atoms with Crippen molar-refractivity contribution in [1.29, 1.82) is 5.26 Å². The number of aromatic nitrogens is 2. The highest BCUT2D eigenvalue weighted by molar-refractivity contribution is 6.11. The Labute approximate surface area is 142 Å². The number of carbonyl (C=O) groups excluding carboxylic acids is 1. The van der Waals surface area contributed by atoms with Crippen LogP contribution in [0.1, 0.15) is 0 Å². The molecule has 0 spiro atoms. The summed E-state index contributed by atoms with van der Waals surface area (Å²) in [6.45, 7) is 0.172. The third-order valence-corrected chi connectivity index (χ3v) is 4.18. The van der Waals surface area contributed by atoms with Gasteiger partial charge in [0.1, 0.15) is 6.04 Å². The zero-order valence-electron chi connectivity index (χ0n) is 13.0. The van der Waals surface area contributed by atoms with E-state index in [0.717, 1.165) is 10.8 Å². The third kappa shape index (κ3) is 2.44. The second-order valence-corrected chi connectivity index (χ2v) is 5.63. The number of nitrogens with zero attached hydrogens (tertiary/aromatic N) is 5. The molecule has 122 valence electrons. The summed E-state index contributed by atoms with van der Waals surface area (Å²) in [7, 11) is 0. The summed E-state index contributed by atoms with van der Waals surface area (Å²) >= 11 is 0. The molecule has 0 aliphatic carbocycles. The lowest BCUT2D eigenvalue weighted by Crippen LogP contribution is -2.34. The van der Waals surface area contributed by atoms with Crippen molar-refractivity contribution in [3.8, 4) is 6.07 Å². The molecule has 2 aromatic heterocycles. The zero-order chi connectivity index (χ0) is 17.4. The summed E-state index contributed by atoms with van der Waals surface area (Å²) in [6, 6.07) is 11.3. The van der Waals surface area contributed by atoms with Crippen LogP contribution in [-0.4, -0.2) is 28.6 Å². The molecule has 1 saturated heterocycles. The molecule has 0 unspecified atom stereocenters. The van der Waals surface area contributed by atoms with Crippen molar-refractivity contribution in [2.24, 2.45) is 0 Å². The predicted molar refractivity (Wildman–Crippen MR) is 90.6 cm³/mol. The van der Waals surface area contributed by atoms with Crippen molar-refractivity contribution in [1.82, 2.24) is 9.97 Å². The van der Waals surface area contributed by atoms with Gasteiger partial charge in [-0.15, -0.1) is 0 Å². The Morgan fingerprint density at radius 3 is 2.76 bits per heavy atom. The molecule has 3 aromatic rings. The van der Waals surface area contributed by atoms with Crippen molar-refractivity contribution < 1.29 is 9.18 Å². The van der Waals surface area contributed by atoms with E-state index >= 15 is 0 Å². The first-order chi connectivity index (χ1) is 12.2. The minimum Gasteiger partial charge on any atom is -0.289 e. The quantitative estimate of drug-likeness (QED) is 0.676. The molecule has 1 aliphatic heterocycles. The highest BCUT2D eigenvalue weighted by atomic mass is 19.1. The summed E-state index contributed by atoms with van der Waals surface area (Å²) in [5.41, 5.74) is 1.02. The number of fused-ring (bicyclic) bond motifs is 1. The molecule has 25 heavy (non-hydrogen) atoms. The van der Waals surface area contributed by atoms with E-state index in [1.807, 2.05) is 24.3 Å². The molecule has 4 rings (SSSR count). The van der Waals surface area contributed by atoms with E-state index in [-0.39, 0.29) is 12.6 Å². The van der Waals surface area contributed by atoms with Crippen LogP contribution in [0.25, 0.3) is 10.8 Å². The SMILES string of the molecule is N#C[C@H]1CN(c2ccc(F)nc2)C(=O)N1c1cncc2ccccc12. The van der Waals surface area contributed by atoms with Gasteiger partial charge in [0, 0.05) is 17.0 Å². The fourth-order valence-electron chi connectivity index (χ4n) is 3.00. The van der Waals surface area contributed by atoms with Gasteiger partial charge < -0.3 is 0 Å². The molecular formula is C18H12FN5O. The molecule has 1 aliphatic rings. The molecule has 0 bridgehead atoms. The number of hydrogen-bond donors (Lipinski definition) is 0. The lowest BCUT2D eigenvalue weighted by Gasteiger charge is -2.20. The van der Waals surface area contributed by atoms with Crippen LogP contribution in [0.5, 0.6) is 0 Å². The number of nitriles is 1. The number of amides is 2. The highest BCUT2D eigenvalue weighted by Crippen LogP contribution is 2.32. The second-order valence-electron chi connectivity index (χ2n) is 5.63. The highest BCUT2D eigenvalue weighted by Gasteiger charge is 2.40. The fraction of sp³-hybridized carbons (Fsp3) is 0.111. The van der Waals surface area contributed by atoms with Crippen molar-refractivity contribution in [2.45, 2.75) is 6.04 Å². The lowest BCUT2D eigenvalue weighted by atomic mass is 10.1. The maximum absolute atomic E-state index is 13.0. The van der Waals surface area contributed by atoms with Gasteiger partial charge in [0.25, 0.3) is 0 Å². The normalized spacial score (nSPS) is 17.1. The summed E-state index contributed by atoms with van der Waals surface area (Å²) in [5.74, 6) is -0.623. The molecule has 0 N–H and O–H groups in total. The Morgan fingerprint density at radius 2 is 2.00 bits per heavy atom. The molecular weight excluding hydrogens is 321 g/mol. The topological polar surface area (TPSA) is 73.1 Å². The Kier molecular flexibility index (Phi) is 3.51. The molecule has 0 radical (unpaired) electrons. The Bertz CT molecular complexity index is 993. The molecule has 1 fully saturated rings. The van der Waals surface area contributed by atoms with Crippen LogP contribution in [0.2, 0.25) is 0 Å². The van der Waals surface area contributed by atoms with Gasteiger partial charge in [-0.2, -0.15) is 9.65 Å². The molecule has 7 heteroatoms. The van der Waals surface area contributed by atoms with E-state index in [1.165, 1.54) is 28.1 Å². The number of carbonyl (C=O) groups is 1. The summed E-state index contributed by atoms with van der Waals surface area (Å²) in [5, 5.41) is 11.2. The number of rotatable bonds is 2. The van der Waals surface area contributed by atoms with Crippen LogP contribution in [0.15, 0.2) is 55.0 Å². The van der Waals surface area contributed by atoms with Gasteiger partial charge in [0.05, 0.1) is 36.4 Å². The van der Waals surface area contributed by atoms with E-state index in [9.17, 15) is 14.4 Å². The van der Waals surface area contributed by atoms with Crippen LogP contribution < -0.4 is 9.80 Å². The maximum Gasteiger partial charge on any atom is 0.330 e. The molecule has 1 aromatic carbocycles. The monoisotopic (exact) mass is 333 g/mol. The molecule has 0 saturated carbocycles. The number of halogens is 1.